The van der Waals surface area contributed by atoms with Crippen LogP contribution in [0.3, 0.4) is 0 Å². The highest BCUT2D eigenvalue weighted by Gasteiger charge is 2.37. The minimum Gasteiger partial charge on any atom is -0.239 e. The number of alkyl halides is 1. The van der Waals surface area contributed by atoms with Crippen molar-refractivity contribution in [2.75, 3.05) is 0 Å². The van der Waals surface area contributed by atoms with E-state index in [2.05, 4.69) is 22.9 Å². The summed E-state index contributed by atoms with van der Waals surface area (Å²) < 4.78 is 15.9. The van der Waals surface area contributed by atoms with Crippen molar-refractivity contribution in [1.29, 1.82) is 0 Å². The second-order valence-corrected chi connectivity index (χ2v) is 6.03. The molecule has 17 heavy (non-hydrogen) atoms. The molecular weight excluding hydrogens is 279 g/mol. The van der Waals surface area contributed by atoms with Crippen LogP contribution in [0.4, 0.5) is 4.39 Å². The standard InChI is InChI=1S/C15H20BrF/c1-2-5-12-8-10-15(17,11-9-12)13-6-3-4-7-14(13)16/h3-4,6-7,12H,2,5,8-11H2,1H3. The van der Waals surface area contributed by atoms with Crippen molar-refractivity contribution in [3.8, 4) is 0 Å². The van der Waals surface area contributed by atoms with Crippen molar-refractivity contribution in [3.05, 3.63) is 34.3 Å². The highest BCUT2D eigenvalue weighted by atomic mass is 79.9. The number of hydrogen-bond donors (Lipinski definition) is 0. The fourth-order valence-electron chi connectivity index (χ4n) is 2.93. The van der Waals surface area contributed by atoms with E-state index in [0.717, 1.165) is 28.8 Å². The normalized spacial score (nSPS) is 29.2. The van der Waals surface area contributed by atoms with Gasteiger partial charge >= 0.3 is 0 Å². The molecule has 2 heteroatoms. The lowest BCUT2D eigenvalue weighted by molar-refractivity contribution is 0.0785. The summed E-state index contributed by atoms with van der Waals surface area (Å²) >= 11 is 3.47. The first-order chi connectivity index (χ1) is 8.15. The number of benzene rings is 1. The Morgan fingerprint density at radius 2 is 1.94 bits per heavy atom. The summed E-state index contributed by atoms with van der Waals surface area (Å²) in [7, 11) is 0. The lowest BCUT2D eigenvalue weighted by Gasteiger charge is -2.34. The highest BCUT2D eigenvalue weighted by molar-refractivity contribution is 9.10. The van der Waals surface area contributed by atoms with E-state index in [1.54, 1.807) is 0 Å². The van der Waals surface area contributed by atoms with Gasteiger partial charge in [-0.15, -0.1) is 0 Å². The van der Waals surface area contributed by atoms with Gasteiger partial charge in [0.1, 0.15) is 5.67 Å². The van der Waals surface area contributed by atoms with Gasteiger partial charge in [-0.25, -0.2) is 4.39 Å². The SMILES string of the molecule is CCCC1CCC(F)(c2ccccc2Br)CC1. The molecule has 0 amide bonds. The molecule has 0 saturated heterocycles. The maximum Gasteiger partial charge on any atom is 0.137 e. The number of hydrogen-bond acceptors (Lipinski definition) is 0. The maximum absolute atomic E-state index is 14.9. The van der Waals surface area contributed by atoms with Crippen LogP contribution in [0.5, 0.6) is 0 Å². The van der Waals surface area contributed by atoms with Gasteiger partial charge in [0.05, 0.1) is 0 Å². The molecule has 2 rings (SSSR count). The van der Waals surface area contributed by atoms with E-state index in [0.29, 0.717) is 12.8 Å². The molecule has 0 aromatic heterocycles. The second-order valence-electron chi connectivity index (χ2n) is 5.18. The minimum atomic E-state index is -1.11. The van der Waals surface area contributed by atoms with Gasteiger partial charge in [-0.05, 0) is 37.7 Å². The van der Waals surface area contributed by atoms with Crippen LogP contribution in [0.2, 0.25) is 0 Å². The Morgan fingerprint density at radius 1 is 1.29 bits per heavy atom. The fourth-order valence-corrected chi connectivity index (χ4v) is 3.57. The molecule has 0 spiro atoms. The zero-order valence-corrected chi connectivity index (χ0v) is 12.0. The van der Waals surface area contributed by atoms with Gasteiger partial charge in [-0.1, -0.05) is 53.9 Å². The Hall–Kier alpha value is -0.370. The van der Waals surface area contributed by atoms with Crippen LogP contribution in [0.25, 0.3) is 0 Å². The molecule has 1 aromatic carbocycles. The summed E-state index contributed by atoms with van der Waals surface area (Å²) in [6.45, 7) is 2.21. The van der Waals surface area contributed by atoms with E-state index in [1.165, 1.54) is 12.8 Å². The van der Waals surface area contributed by atoms with Gasteiger partial charge in [-0.3, -0.25) is 0 Å². The highest BCUT2D eigenvalue weighted by Crippen LogP contribution is 2.45. The van der Waals surface area contributed by atoms with Crippen LogP contribution < -0.4 is 0 Å². The number of halogens is 2. The van der Waals surface area contributed by atoms with Crippen molar-refractivity contribution in [2.24, 2.45) is 5.92 Å². The van der Waals surface area contributed by atoms with Crippen molar-refractivity contribution >= 4 is 15.9 Å². The molecule has 1 aliphatic carbocycles. The number of rotatable bonds is 3. The molecule has 1 aromatic rings. The van der Waals surface area contributed by atoms with Crippen molar-refractivity contribution in [2.45, 2.75) is 51.1 Å². The summed E-state index contributed by atoms with van der Waals surface area (Å²) in [5.41, 5.74) is -0.264. The lowest BCUT2D eigenvalue weighted by atomic mass is 9.75. The summed E-state index contributed by atoms with van der Waals surface area (Å²) in [6, 6.07) is 7.73. The van der Waals surface area contributed by atoms with Crippen molar-refractivity contribution in [1.82, 2.24) is 0 Å². The first-order valence-corrected chi connectivity index (χ1v) is 7.39. The van der Waals surface area contributed by atoms with Crippen LogP contribution in [0.1, 0.15) is 51.0 Å². The smallest absolute Gasteiger partial charge is 0.137 e. The molecular formula is C15H20BrF. The predicted octanol–water partition coefficient (Wildman–Crippen LogP) is 5.60. The van der Waals surface area contributed by atoms with Crippen molar-refractivity contribution in [3.63, 3.8) is 0 Å². The molecule has 0 atom stereocenters. The third kappa shape index (κ3) is 2.90. The summed E-state index contributed by atoms with van der Waals surface area (Å²) in [6.07, 6.45) is 5.91. The Kier molecular flexibility index (Phi) is 4.24. The molecule has 0 bridgehead atoms. The van der Waals surface area contributed by atoms with Crippen LogP contribution >= 0.6 is 15.9 Å². The molecule has 0 N–H and O–H groups in total. The largest absolute Gasteiger partial charge is 0.239 e. The lowest BCUT2D eigenvalue weighted by Crippen LogP contribution is -2.27. The maximum atomic E-state index is 14.9. The molecule has 0 unspecified atom stereocenters. The Morgan fingerprint density at radius 3 is 2.53 bits per heavy atom. The molecule has 1 saturated carbocycles. The van der Waals surface area contributed by atoms with Crippen molar-refractivity contribution < 1.29 is 4.39 Å². The first-order valence-electron chi connectivity index (χ1n) is 6.59. The van der Waals surface area contributed by atoms with Crippen LogP contribution in [-0.4, -0.2) is 0 Å². The Bertz CT molecular complexity index is 367. The third-order valence-corrected chi connectivity index (χ3v) is 4.64. The average Bonchev–Trinajstić information content (AvgIpc) is 2.33. The third-order valence-electron chi connectivity index (χ3n) is 3.95. The van der Waals surface area contributed by atoms with E-state index in [4.69, 9.17) is 0 Å². The van der Waals surface area contributed by atoms with E-state index in [9.17, 15) is 4.39 Å². The van der Waals surface area contributed by atoms with Gasteiger partial charge in [-0.2, -0.15) is 0 Å². The zero-order chi connectivity index (χ0) is 12.3. The van der Waals surface area contributed by atoms with Crippen LogP contribution in [0, 0.1) is 5.92 Å². The predicted molar refractivity (Wildman–Crippen MR) is 73.8 cm³/mol. The molecule has 94 valence electrons. The van der Waals surface area contributed by atoms with E-state index >= 15 is 0 Å². The van der Waals surface area contributed by atoms with Crippen LogP contribution in [-0.2, 0) is 5.67 Å². The summed E-state index contributed by atoms with van der Waals surface area (Å²) in [5.74, 6) is 0.742. The van der Waals surface area contributed by atoms with Gasteiger partial charge in [0.2, 0.25) is 0 Å². The van der Waals surface area contributed by atoms with E-state index in [1.807, 2.05) is 24.3 Å². The van der Waals surface area contributed by atoms with Gasteiger partial charge < -0.3 is 0 Å². The summed E-state index contributed by atoms with van der Waals surface area (Å²) in [5, 5.41) is 0. The quantitative estimate of drug-likeness (QED) is 0.681. The zero-order valence-electron chi connectivity index (χ0n) is 10.4. The first kappa shape index (κ1) is 13.1. The monoisotopic (exact) mass is 298 g/mol. The second kappa shape index (κ2) is 5.51. The average molecular weight is 299 g/mol. The molecule has 1 fully saturated rings. The van der Waals surface area contributed by atoms with Crippen LogP contribution in [0.15, 0.2) is 28.7 Å². The van der Waals surface area contributed by atoms with Gasteiger partial charge in [0.15, 0.2) is 0 Å². The topological polar surface area (TPSA) is 0 Å². The Labute approximate surface area is 112 Å². The molecule has 0 nitrogen and oxygen atoms in total. The molecule has 1 aliphatic rings. The Balaban J connectivity index is 2.10. The van der Waals surface area contributed by atoms with E-state index < -0.39 is 5.67 Å². The minimum absolute atomic E-state index is 0.681. The molecule has 0 aliphatic heterocycles. The van der Waals surface area contributed by atoms with Gasteiger partial charge in [0, 0.05) is 10.0 Å². The van der Waals surface area contributed by atoms with Gasteiger partial charge in [0.25, 0.3) is 0 Å². The molecule has 0 heterocycles. The summed E-state index contributed by atoms with van der Waals surface area (Å²) in [4.78, 5) is 0. The molecule has 0 radical (unpaired) electrons. The fraction of sp³-hybridized carbons (Fsp3) is 0.600. The van der Waals surface area contributed by atoms with E-state index in [-0.39, 0.29) is 0 Å².